The molecule has 2 nitrogen and oxygen atoms in total. The Hall–Kier alpha value is -0.340. The molecule has 0 rings (SSSR count). The molecule has 0 spiro atoms. The Labute approximate surface area is 75.6 Å². The van der Waals surface area contributed by atoms with Gasteiger partial charge in [-0.05, 0) is 25.8 Å². The maximum atomic E-state index is 5.32. The monoisotopic (exact) mass is 172 g/mol. The summed E-state index contributed by atoms with van der Waals surface area (Å²) in [4.78, 5) is 0. The Morgan fingerprint density at radius 3 is 1.83 bits per heavy atom. The molecule has 0 aromatic rings. The third-order valence-electron chi connectivity index (χ3n) is 1.32. The van der Waals surface area contributed by atoms with Gasteiger partial charge in [-0.15, -0.1) is 0 Å². The SMILES string of the molecule is CCOC(/C=C\C(C)C)OCC. The van der Waals surface area contributed by atoms with Crippen molar-refractivity contribution in [2.75, 3.05) is 13.2 Å². The van der Waals surface area contributed by atoms with Crippen molar-refractivity contribution in [2.45, 2.75) is 34.0 Å². The topological polar surface area (TPSA) is 18.5 Å². The molecule has 72 valence electrons. The second kappa shape index (κ2) is 7.32. The molecule has 0 aliphatic rings. The molecule has 0 aliphatic carbocycles. The molecule has 12 heavy (non-hydrogen) atoms. The second-order valence-electron chi connectivity index (χ2n) is 2.91. The molecule has 0 saturated carbocycles. The van der Waals surface area contributed by atoms with Crippen LogP contribution in [-0.4, -0.2) is 19.5 Å². The predicted molar refractivity (Wildman–Crippen MR) is 51.0 cm³/mol. The highest BCUT2D eigenvalue weighted by atomic mass is 16.7. The summed E-state index contributed by atoms with van der Waals surface area (Å²) in [7, 11) is 0. The quantitative estimate of drug-likeness (QED) is 0.453. The van der Waals surface area contributed by atoms with Crippen LogP contribution in [-0.2, 0) is 9.47 Å². The van der Waals surface area contributed by atoms with E-state index >= 15 is 0 Å². The zero-order valence-corrected chi connectivity index (χ0v) is 8.54. The predicted octanol–water partition coefficient (Wildman–Crippen LogP) is 2.60. The minimum Gasteiger partial charge on any atom is -0.349 e. The van der Waals surface area contributed by atoms with Crippen molar-refractivity contribution in [1.29, 1.82) is 0 Å². The Bertz CT molecular complexity index is 113. The van der Waals surface area contributed by atoms with Crippen molar-refractivity contribution < 1.29 is 9.47 Å². The maximum Gasteiger partial charge on any atom is 0.176 e. The fraction of sp³-hybridized carbons (Fsp3) is 0.800. The van der Waals surface area contributed by atoms with Gasteiger partial charge in [-0.1, -0.05) is 19.9 Å². The third-order valence-corrected chi connectivity index (χ3v) is 1.32. The van der Waals surface area contributed by atoms with Crippen molar-refractivity contribution in [1.82, 2.24) is 0 Å². The van der Waals surface area contributed by atoms with E-state index in [1.807, 2.05) is 19.9 Å². The molecule has 0 fully saturated rings. The molecule has 0 amide bonds. The van der Waals surface area contributed by atoms with Gasteiger partial charge in [-0.3, -0.25) is 0 Å². The molecule has 0 saturated heterocycles. The first-order chi connectivity index (χ1) is 5.70. The van der Waals surface area contributed by atoms with E-state index in [1.165, 1.54) is 0 Å². The van der Waals surface area contributed by atoms with Gasteiger partial charge in [-0.25, -0.2) is 0 Å². The Kier molecular flexibility index (Phi) is 7.11. The molecule has 0 aromatic heterocycles. The highest BCUT2D eigenvalue weighted by molar-refractivity contribution is 4.87. The first-order valence-electron chi connectivity index (χ1n) is 4.62. The largest absolute Gasteiger partial charge is 0.349 e. The molecule has 2 heteroatoms. The van der Waals surface area contributed by atoms with E-state index in [-0.39, 0.29) is 6.29 Å². The first kappa shape index (κ1) is 11.7. The zero-order valence-electron chi connectivity index (χ0n) is 8.54. The van der Waals surface area contributed by atoms with Gasteiger partial charge in [-0.2, -0.15) is 0 Å². The molecule has 0 atom stereocenters. The molecule has 0 bridgehead atoms. The van der Waals surface area contributed by atoms with Crippen LogP contribution < -0.4 is 0 Å². The van der Waals surface area contributed by atoms with Gasteiger partial charge < -0.3 is 9.47 Å². The summed E-state index contributed by atoms with van der Waals surface area (Å²) < 4.78 is 10.6. The van der Waals surface area contributed by atoms with Crippen LogP contribution in [0.15, 0.2) is 12.2 Å². The van der Waals surface area contributed by atoms with Gasteiger partial charge in [0.15, 0.2) is 6.29 Å². The summed E-state index contributed by atoms with van der Waals surface area (Å²) in [6.07, 6.45) is 3.90. The van der Waals surface area contributed by atoms with Crippen LogP contribution in [0.2, 0.25) is 0 Å². The standard InChI is InChI=1S/C10H20O2/c1-5-11-10(12-6-2)8-7-9(3)4/h7-10H,5-6H2,1-4H3/b8-7-. The summed E-state index contributed by atoms with van der Waals surface area (Å²) in [5.41, 5.74) is 0. The van der Waals surface area contributed by atoms with Crippen LogP contribution >= 0.6 is 0 Å². The van der Waals surface area contributed by atoms with E-state index in [1.54, 1.807) is 0 Å². The molecule has 0 unspecified atom stereocenters. The van der Waals surface area contributed by atoms with E-state index in [9.17, 15) is 0 Å². The van der Waals surface area contributed by atoms with Crippen molar-refractivity contribution >= 4 is 0 Å². The molecular weight excluding hydrogens is 152 g/mol. The van der Waals surface area contributed by atoms with Gasteiger partial charge in [0.05, 0.1) is 0 Å². The molecule has 0 N–H and O–H groups in total. The lowest BCUT2D eigenvalue weighted by atomic mass is 10.2. The van der Waals surface area contributed by atoms with E-state index in [2.05, 4.69) is 19.9 Å². The molecule has 0 aliphatic heterocycles. The lowest BCUT2D eigenvalue weighted by molar-refractivity contribution is -0.104. The van der Waals surface area contributed by atoms with Gasteiger partial charge in [0, 0.05) is 13.2 Å². The van der Waals surface area contributed by atoms with E-state index in [4.69, 9.17) is 9.47 Å². The zero-order chi connectivity index (χ0) is 9.40. The van der Waals surface area contributed by atoms with Crippen molar-refractivity contribution in [3.05, 3.63) is 12.2 Å². The minimum atomic E-state index is -0.164. The summed E-state index contributed by atoms with van der Waals surface area (Å²) in [6, 6.07) is 0. The van der Waals surface area contributed by atoms with Crippen molar-refractivity contribution in [3.63, 3.8) is 0 Å². The minimum absolute atomic E-state index is 0.164. The Morgan fingerprint density at radius 1 is 1.00 bits per heavy atom. The molecule has 0 heterocycles. The Morgan fingerprint density at radius 2 is 1.50 bits per heavy atom. The average molecular weight is 172 g/mol. The van der Waals surface area contributed by atoms with Gasteiger partial charge in [0.25, 0.3) is 0 Å². The lowest BCUT2D eigenvalue weighted by Crippen LogP contribution is -2.14. The van der Waals surface area contributed by atoms with Crippen molar-refractivity contribution in [3.8, 4) is 0 Å². The van der Waals surface area contributed by atoms with Crippen LogP contribution in [0.25, 0.3) is 0 Å². The second-order valence-corrected chi connectivity index (χ2v) is 2.91. The van der Waals surface area contributed by atoms with Crippen LogP contribution in [0.4, 0.5) is 0 Å². The summed E-state index contributed by atoms with van der Waals surface area (Å²) >= 11 is 0. The molecule has 0 radical (unpaired) electrons. The number of rotatable bonds is 6. The van der Waals surface area contributed by atoms with Gasteiger partial charge in [0.2, 0.25) is 0 Å². The lowest BCUT2D eigenvalue weighted by Gasteiger charge is -2.12. The van der Waals surface area contributed by atoms with E-state index in [0.29, 0.717) is 19.1 Å². The van der Waals surface area contributed by atoms with Crippen LogP contribution in [0.1, 0.15) is 27.7 Å². The normalized spacial score (nSPS) is 12.2. The van der Waals surface area contributed by atoms with Crippen LogP contribution in [0.5, 0.6) is 0 Å². The summed E-state index contributed by atoms with van der Waals surface area (Å²) in [6.45, 7) is 9.57. The fourth-order valence-electron chi connectivity index (χ4n) is 0.801. The Balaban J connectivity index is 3.76. The smallest absolute Gasteiger partial charge is 0.176 e. The molecule has 0 aromatic carbocycles. The summed E-state index contributed by atoms with van der Waals surface area (Å²) in [5, 5.41) is 0. The van der Waals surface area contributed by atoms with E-state index in [0.717, 1.165) is 0 Å². The third kappa shape index (κ3) is 6.38. The van der Waals surface area contributed by atoms with Gasteiger partial charge in [0.1, 0.15) is 0 Å². The number of hydrogen-bond donors (Lipinski definition) is 0. The van der Waals surface area contributed by atoms with Crippen LogP contribution in [0.3, 0.4) is 0 Å². The highest BCUT2D eigenvalue weighted by Gasteiger charge is 2.01. The summed E-state index contributed by atoms with van der Waals surface area (Å²) in [5.74, 6) is 0.549. The first-order valence-corrected chi connectivity index (χ1v) is 4.62. The maximum absolute atomic E-state index is 5.32. The number of allylic oxidation sites excluding steroid dienone is 1. The molecular formula is C10H20O2. The van der Waals surface area contributed by atoms with Gasteiger partial charge >= 0.3 is 0 Å². The van der Waals surface area contributed by atoms with E-state index < -0.39 is 0 Å². The average Bonchev–Trinajstić information content (AvgIpc) is 2.01. The van der Waals surface area contributed by atoms with Crippen LogP contribution in [0, 0.1) is 5.92 Å². The highest BCUT2D eigenvalue weighted by Crippen LogP contribution is 2.01. The number of hydrogen-bond acceptors (Lipinski definition) is 2. The number of ether oxygens (including phenoxy) is 2. The van der Waals surface area contributed by atoms with Crippen molar-refractivity contribution in [2.24, 2.45) is 5.92 Å². The fourth-order valence-corrected chi connectivity index (χ4v) is 0.801.